The van der Waals surface area contributed by atoms with Gasteiger partial charge in [0, 0.05) is 32.7 Å². The molecule has 0 atom stereocenters. The van der Waals surface area contributed by atoms with Gasteiger partial charge in [-0.1, -0.05) is 12.1 Å². The van der Waals surface area contributed by atoms with Crippen LogP contribution in [0.5, 0.6) is 0 Å². The van der Waals surface area contributed by atoms with Crippen LogP contribution >= 0.6 is 0 Å². The third-order valence-electron chi connectivity index (χ3n) is 6.31. The third-order valence-corrected chi connectivity index (χ3v) is 6.31. The molecule has 192 valence electrons. The predicted molar refractivity (Wildman–Crippen MR) is 134 cm³/mol. The number of carbonyl (C=O) groups excluding carboxylic acids is 1. The molecule has 1 aliphatic rings. The molecular weight excluding hydrogens is 497 g/mol. The summed E-state index contributed by atoms with van der Waals surface area (Å²) < 4.78 is 42.7. The quantitative estimate of drug-likeness (QED) is 0.405. The Bertz CT molecular complexity index is 1590. The van der Waals surface area contributed by atoms with Crippen molar-refractivity contribution in [2.75, 3.05) is 17.3 Å². The summed E-state index contributed by atoms with van der Waals surface area (Å²) in [5.41, 5.74) is 2.35. The molecule has 2 amide bonds. The molecule has 2 N–H and O–H groups in total. The number of amides is 2. The smallest absolute Gasteiger partial charge is 0.348 e. The Balaban J connectivity index is 1.65. The van der Waals surface area contributed by atoms with Crippen molar-refractivity contribution in [1.82, 2.24) is 25.1 Å². The van der Waals surface area contributed by atoms with Crippen molar-refractivity contribution in [1.29, 1.82) is 5.26 Å². The Morgan fingerprint density at radius 3 is 2.61 bits per heavy atom. The van der Waals surface area contributed by atoms with E-state index in [4.69, 9.17) is 0 Å². The zero-order valence-electron chi connectivity index (χ0n) is 20.3. The highest BCUT2D eigenvalue weighted by atomic mass is 19.4. The Hall–Kier alpha value is -4.92. The zero-order valence-corrected chi connectivity index (χ0v) is 20.3. The second-order valence-electron chi connectivity index (χ2n) is 8.74. The van der Waals surface area contributed by atoms with Crippen LogP contribution in [0, 0.1) is 11.3 Å². The van der Waals surface area contributed by atoms with E-state index in [0.29, 0.717) is 39.5 Å². The monoisotopic (exact) mass is 518 g/mol. The van der Waals surface area contributed by atoms with E-state index in [9.17, 15) is 23.2 Å². The molecule has 3 heterocycles. The molecule has 5 rings (SSSR count). The molecule has 0 spiro atoms. The molecule has 2 aromatic heterocycles. The second-order valence-corrected chi connectivity index (χ2v) is 8.74. The van der Waals surface area contributed by atoms with Gasteiger partial charge in [-0.25, -0.2) is 9.78 Å². The molecule has 0 unspecified atom stereocenters. The predicted octanol–water partition coefficient (Wildman–Crippen LogP) is 4.71. The number of anilines is 2. The largest absolute Gasteiger partial charge is 0.416 e. The normalized spacial score (nSPS) is 12.7. The van der Waals surface area contributed by atoms with E-state index < -0.39 is 17.8 Å². The number of benzene rings is 2. The number of rotatable bonds is 4. The average molecular weight is 519 g/mol. The van der Waals surface area contributed by atoms with Gasteiger partial charge in [-0.3, -0.25) is 5.32 Å². The van der Waals surface area contributed by atoms with Gasteiger partial charge in [0.15, 0.2) is 5.82 Å². The Morgan fingerprint density at radius 2 is 1.92 bits per heavy atom. The van der Waals surface area contributed by atoms with Crippen LogP contribution in [0.4, 0.5) is 29.6 Å². The number of aromatic nitrogens is 4. The Kier molecular flexibility index (Phi) is 6.20. The number of pyridine rings is 1. The van der Waals surface area contributed by atoms with E-state index in [1.807, 2.05) is 0 Å². The first kappa shape index (κ1) is 24.8. The first-order valence-electron chi connectivity index (χ1n) is 11.5. The van der Waals surface area contributed by atoms with Gasteiger partial charge in [0.1, 0.15) is 18.0 Å². The minimum Gasteiger partial charge on any atom is -0.348 e. The molecule has 0 saturated heterocycles. The maximum atomic E-state index is 13.7. The van der Waals surface area contributed by atoms with Gasteiger partial charge < -0.3 is 14.8 Å². The molecule has 0 fully saturated rings. The molecule has 9 nitrogen and oxygen atoms in total. The fourth-order valence-corrected chi connectivity index (χ4v) is 4.50. The lowest BCUT2D eigenvalue weighted by atomic mass is 9.97. The lowest BCUT2D eigenvalue weighted by Crippen LogP contribution is -2.25. The van der Waals surface area contributed by atoms with Crippen molar-refractivity contribution in [3.63, 3.8) is 0 Å². The van der Waals surface area contributed by atoms with Crippen molar-refractivity contribution in [2.45, 2.75) is 19.3 Å². The molecule has 0 bridgehead atoms. The molecule has 0 radical (unpaired) electrons. The summed E-state index contributed by atoms with van der Waals surface area (Å²) in [4.78, 5) is 18.4. The van der Waals surface area contributed by atoms with Gasteiger partial charge in [-0.15, -0.1) is 10.2 Å². The van der Waals surface area contributed by atoms with Crippen molar-refractivity contribution >= 4 is 17.7 Å². The van der Waals surface area contributed by atoms with Crippen LogP contribution in [-0.4, -0.2) is 32.8 Å². The van der Waals surface area contributed by atoms with Crippen molar-refractivity contribution in [2.24, 2.45) is 7.05 Å². The molecule has 12 heteroatoms. The maximum Gasteiger partial charge on any atom is 0.416 e. The van der Waals surface area contributed by atoms with Gasteiger partial charge in [0.05, 0.1) is 17.2 Å². The Labute approximate surface area is 215 Å². The van der Waals surface area contributed by atoms with Crippen molar-refractivity contribution < 1.29 is 18.0 Å². The Morgan fingerprint density at radius 1 is 1.11 bits per heavy atom. The van der Waals surface area contributed by atoms with Gasteiger partial charge >= 0.3 is 12.2 Å². The summed E-state index contributed by atoms with van der Waals surface area (Å²) in [6.07, 6.45) is -2.93. The van der Waals surface area contributed by atoms with Crippen LogP contribution < -0.4 is 15.5 Å². The number of fused-ring (bicyclic) bond motifs is 1. The van der Waals surface area contributed by atoms with Crippen molar-refractivity contribution in [3.05, 3.63) is 77.1 Å². The van der Waals surface area contributed by atoms with Crippen LogP contribution in [0.25, 0.3) is 22.5 Å². The second kappa shape index (κ2) is 9.51. The van der Waals surface area contributed by atoms with E-state index >= 15 is 0 Å². The molecule has 38 heavy (non-hydrogen) atoms. The average Bonchev–Trinajstić information content (AvgIpc) is 3.53. The number of nitrogens with one attached hydrogen (secondary N) is 2. The minimum absolute atomic E-state index is 0.00470. The standard InChI is InChI=1S/C26H21F3N8O/c1-31-25(38)34-22-9-17(19-8-15(11-30)6-7-18(19)24-35-32-14-36(24)2)10-23(33-22)37-12-16-4-3-5-21(20(16)13-37)26(27,28)29/h3-10,14H,12-13H2,1-2H3,(H2,31,33,34,38). The number of hydrogen-bond donors (Lipinski definition) is 2. The van der Waals surface area contributed by atoms with Crippen LogP contribution in [0.3, 0.4) is 0 Å². The summed E-state index contributed by atoms with van der Waals surface area (Å²) in [6.45, 7) is 0.207. The molecular formula is C26H21F3N8O. The van der Waals surface area contributed by atoms with Gasteiger partial charge in [-0.2, -0.15) is 18.4 Å². The van der Waals surface area contributed by atoms with Gasteiger partial charge in [0.2, 0.25) is 0 Å². The number of nitriles is 1. The number of alkyl halides is 3. The molecule has 4 aromatic rings. The highest BCUT2D eigenvalue weighted by Crippen LogP contribution is 2.40. The number of halogens is 3. The van der Waals surface area contributed by atoms with Crippen LogP contribution in [0.2, 0.25) is 0 Å². The summed E-state index contributed by atoms with van der Waals surface area (Å²) in [5.74, 6) is 1.10. The SMILES string of the molecule is CNC(=O)Nc1cc(-c2cc(C#N)ccc2-c2nncn2C)cc(N2Cc3cccc(C(F)(F)F)c3C2)n1. The van der Waals surface area contributed by atoms with E-state index in [1.54, 1.807) is 59.2 Å². The zero-order chi connectivity index (χ0) is 27.0. The highest BCUT2D eigenvalue weighted by molar-refractivity contribution is 5.90. The first-order chi connectivity index (χ1) is 18.2. The van der Waals surface area contributed by atoms with Crippen molar-refractivity contribution in [3.8, 4) is 28.6 Å². The van der Waals surface area contributed by atoms with Gasteiger partial charge in [0.25, 0.3) is 0 Å². The van der Waals surface area contributed by atoms with Crippen LogP contribution in [0.15, 0.2) is 54.9 Å². The van der Waals surface area contributed by atoms with Gasteiger partial charge in [-0.05, 0) is 58.7 Å². The van der Waals surface area contributed by atoms with Crippen LogP contribution in [0.1, 0.15) is 22.3 Å². The van der Waals surface area contributed by atoms with E-state index in [1.165, 1.54) is 13.1 Å². The van der Waals surface area contributed by atoms with E-state index in [0.717, 1.165) is 6.07 Å². The van der Waals surface area contributed by atoms with E-state index in [2.05, 4.69) is 31.9 Å². The first-order valence-corrected chi connectivity index (χ1v) is 11.5. The number of urea groups is 1. The maximum absolute atomic E-state index is 13.7. The summed E-state index contributed by atoms with van der Waals surface area (Å²) in [6, 6.07) is 14.2. The fraction of sp³-hybridized carbons (Fsp3) is 0.192. The number of aryl methyl sites for hydroxylation is 1. The molecule has 1 aliphatic heterocycles. The summed E-state index contributed by atoms with van der Waals surface area (Å²) >= 11 is 0. The van der Waals surface area contributed by atoms with E-state index in [-0.39, 0.29) is 24.5 Å². The lowest BCUT2D eigenvalue weighted by Gasteiger charge is -2.20. The minimum atomic E-state index is -4.48. The van der Waals surface area contributed by atoms with Crippen LogP contribution in [-0.2, 0) is 26.3 Å². The fourth-order valence-electron chi connectivity index (χ4n) is 4.50. The molecule has 0 aliphatic carbocycles. The highest BCUT2D eigenvalue weighted by Gasteiger charge is 2.37. The molecule has 0 saturated carbocycles. The number of hydrogen-bond acceptors (Lipinski definition) is 6. The lowest BCUT2D eigenvalue weighted by molar-refractivity contribution is -0.138. The summed E-state index contributed by atoms with van der Waals surface area (Å²) in [7, 11) is 3.24. The third kappa shape index (κ3) is 4.61. The summed E-state index contributed by atoms with van der Waals surface area (Å²) in [5, 5.41) is 22.8. The molecule has 2 aromatic carbocycles. The number of nitrogens with zero attached hydrogens (tertiary/aromatic N) is 6. The number of carbonyl (C=O) groups is 1. The topological polar surface area (TPSA) is 112 Å².